The highest BCUT2D eigenvalue weighted by Crippen LogP contribution is 2.54. The van der Waals surface area contributed by atoms with Crippen molar-refractivity contribution >= 4 is 43.5 Å². The second-order valence-electron chi connectivity index (χ2n) is 14.1. The average molecular weight is 529 g/mol. The minimum Gasteiger partial charge on any atom is -0.456 e. The Morgan fingerprint density at radius 3 is 2.23 bits per heavy atom. The van der Waals surface area contributed by atoms with Gasteiger partial charge in [0.15, 0.2) is 6.20 Å². The van der Waals surface area contributed by atoms with Gasteiger partial charge in [0.2, 0.25) is 5.69 Å². The fourth-order valence-corrected chi connectivity index (χ4v) is 6.83. The van der Waals surface area contributed by atoms with Crippen LogP contribution in [-0.2, 0) is 19.9 Å². The number of benzene rings is 4. The average Bonchev–Trinajstić information content (AvgIpc) is 3.26. The second-order valence-corrected chi connectivity index (χ2v) is 14.1. The lowest BCUT2D eigenvalue weighted by molar-refractivity contribution is -0.659. The molecule has 0 amide bonds. The van der Waals surface area contributed by atoms with E-state index in [-0.39, 0.29) is 10.8 Å². The molecule has 0 spiro atoms. The monoisotopic (exact) mass is 528 g/mol. The Balaban J connectivity index is 1.64. The first kappa shape index (κ1) is 25.1. The number of nitrogens with zero attached hydrogens (tertiary/aromatic N) is 1. The van der Waals surface area contributed by atoms with Crippen molar-refractivity contribution in [3.63, 3.8) is 0 Å². The molecule has 4 aromatic carbocycles. The lowest BCUT2D eigenvalue weighted by atomic mass is 9.82. The van der Waals surface area contributed by atoms with E-state index in [4.69, 9.17) is 9.15 Å². The number of para-hydroxylation sites is 1. The molecule has 0 radical (unpaired) electrons. The van der Waals surface area contributed by atoms with Crippen molar-refractivity contribution in [2.24, 2.45) is 17.9 Å². The smallest absolute Gasteiger partial charge is 0.228 e. The maximum Gasteiger partial charge on any atom is 0.228 e. The lowest BCUT2D eigenvalue weighted by Gasteiger charge is -2.27. The molecule has 1 aliphatic rings. The van der Waals surface area contributed by atoms with Gasteiger partial charge in [-0.3, -0.25) is 0 Å². The Bertz CT molecular complexity index is 2010. The molecule has 6 aromatic rings. The highest BCUT2D eigenvalue weighted by atomic mass is 16.5. The molecule has 0 unspecified atom stereocenters. The summed E-state index contributed by atoms with van der Waals surface area (Å²) in [6.07, 6.45) is 4.07. The molecule has 3 heteroatoms. The van der Waals surface area contributed by atoms with Crippen molar-refractivity contribution in [2.45, 2.75) is 61.3 Å². The number of hydrogen-bond donors (Lipinski definition) is 0. The number of fused-ring (bicyclic) bond motifs is 7. The number of furan rings is 1. The quantitative estimate of drug-likeness (QED) is 0.165. The van der Waals surface area contributed by atoms with Crippen LogP contribution >= 0.6 is 0 Å². The maximum absolute atomic E-state index is 7.09. The van der Waals surface area contributed by atoms with Gasteiger partial charge in [0.05, 0.1) is 10.9 Å². The van der Waals surface area contributed by atoms with Gasteiger partial charge in [0, 0.05) is 27.8 Å². The third kappa shape index (κ3) is 3.74. The van der Waals surface area contributed by atoms with Gasteiger partial charge < -0.3 is 9.15 Å². The number of pyridine rings is 1. The fraction of sp³-hybridized carbons (Fsp3) is 0.324. The molecule has 0 atom stereocenters. The number of ether oxygens (including phenoxy) is 1. The third-order valence-electron chi connectivity index (χ3n) is 8.33. The molecule has 0 bridgehead atoms. The molecule has 3 heterocycles. The summed E-state index contributed by atoms with van der Waals surface area (Å²) in [4.78, 5) is 0. The van der Waals surface area contributed by atoms with Gasteiger partial charge in [0.25, 0.3) is 0 Å². The third-order valence-corrected chi connectivity index (χ3v) is 8.33. The van der Waals surface area contributed by atoms with E-state index in [0.717, 1.165) is 41.1 Å². The summed E-state index contributed by atoms with van der Waals surface area (Å²) in [5, 5.41) is 7.37. The molecule has 2 aromatic heterocycles. The van der Waals surface area contributed by atoms with E-state index in [0.29, 0.717) is 0 Å². The maximum atomic E-state index is 7.09. The lowest BCUT2D eigenvalue weighted by Crippen LogP contribution is -2.32. The van der Waals surface area contributed by atoms with Gasteiger partial charge in [-0.15, -0.1) is 0 Å². The summed E-state index contributed by atoms with van der Waals surface area (Å²) in [5.41, 5.74) is 8.26. The summed E-state index contributed by atoms with van der Waals surface area (Å²) < 4.78 is 16.0. The molecule has 0 saturated heterocycles. The first-order valence-corrected chi connectivity index (χ1v) is 14.4. The van der Waals surface area contributed by atoms with Gasteiger partial charge in [0.1, 0.15) is 29.7 Å². The normalized spacial score (nSPS) is 13.4. The zero-order chi connectivity index (χ0) is 28.1. The molecular weight excluding hydrogens is 490 g/mol. The van der Waals surface area contributed by atoms with Crippen molar-refractivity contribution in [3.05, 3.63) is 77.5 Å². The van der Waals surface area contributed by atoms with Crippen LogP contribution in [-0.4, -0.2) is 0 Å². The largest absolute Gasteiger partial charge is 0.456 e. The van der Waals surface area contributed by atoms with Gasteiger partial charge in [-0.05, 0) is 64.6 Å². The Labute approximate surface area is 236 Å². The Morgan fingerprint density at radius 2 is 1.48 bits per heavy atom. The number of rotatable bonds is 2. The first-order valence-electron chi connectivity index (χ1n) is 14.4. The van der Waals surface area contributed by atoms with Gasteiger partial charge in [-0.1, -0.05) is 77.9 Å². The molecule has 1 aliphatic heterocycles. The second kappa shape index (κ2) is 8.33. The summed E-state index contributed by atoms with van der Waals surface area (Å²) >= 11 is 0. The van der Waals surface area contributed by atoms with E-state index in [9.17, 15) is 0 Å². The molecule has 202 valence electrons. The number of hydrogen-bond acceptors (Lipinski definition) is 2. The molecule has 0 saturated carbocycles. The van der Waals surface area contributed by atoms with E-state index in [1.807, 2.05) is 0 Å². The fourth-order valence-electron chi connectivity index (χ4n) is 6.83. The predicted octanol–water partition coefficient (Wildman–Crippen LogP) is 9.98. The van der Waals surface area contributed by atoms with Crippen LogP contribution in [0.25, 0.3) is 54.7 Å². The van der Waals surface area contributed by atoms with Crippen LogP contribution in [0.2, 0.25) is 0 Å². The Morgan fingerprint density at radius 1 is 0.750 bits per heavy atom. The summed E-state index contributed by atoms with van der Waals surface area (Å²) in [7, 11) is 2.16. The SMILES string of the molecule is Cc1c2c(c(CC(C)(C)C)c3oc4ccccc4c13)Oc1cc3c(CC(C)(C)C)cccc3c3cc[n+](C)c-2c13. The number of aryl methyl sites for hydroxylation is 2. The van der Waals surface area contributed by atoms with Gasteiger partial charge in [-0.25, -0.2) is 4.57 Å². The van der Waals surface area contributed by atoms with Crippen LogP contribution in [0.4, 0.5) is 0 Å². The molecule has 0 N–H and O–H groups in total. The van der Waals surface area contributed by atoms with Crippen LogP contribution in [0.1, 0.15) is 58.2 Å². The highest BCUT2D eigenvalue weighted by molar-refractivity contribution is 6.18. The number of aromatic nitrogens is 1. The Kier molecular flexibility index (Phi) is 5.24. The van der Waals surface area contributed by atoms with E-state index >= 15 is 0 Å². The van der Waals surface area contributed by atoms with E-state index in [1.54, 1.807) is 0 Å². The highest BCUT2D eigenvalue weighted by Gasteiger charge is 2.36. The van der Waals surface area contributed by atoms with Crippen molar-refractivity contribution in [1.29, 1.82) is 0 Å². The minimum atomic E-state index is 0.0516. The van der Waals surface area contributed by atoms with E-state index < -0.39 is 0 Å². The van der Waals surface area contributed by atoms with Crippen molar-refractivity contribution in [1.82, 2.24) is 0 Å². The summed E-state index contributed by atoms with van der Waals surface area (Å²) in [6.45, 7) is 16.0. The summed E-state index contributed by atoms with van der Waals surface area (Å²) in [5.74, 6) is 1.88. The molecule has 0 fully saturated rings. The van der Waals surface area contributed by atoms with Crippen molar-refractivity contribution in [2.75, 3.05) is 0 Å². The van der Waals surface area contributed by atoms with Crippen LogP contribution in [0, 0.1) is 17.8 Å². The zero-order valence-corrected chi connectivity index (χ0v) is 25.0. The van der Waals surface area contributed by atoms with Crippen molar-refractivity contribution in [3.8, 4) is 22.8 Å². The molecular formula is C37H38NO2+. The van der Waals surface area contributed by atoms with Gasteiger partial charge >= 0.3 is 0 Å². The minimum absolute atomic E-state index is 0.0516. The standard InChI is InChI=1S/C37H38NO2/c1-21-30-25-13-9-10-15-28(25)39-34(30)27(20-37(5,6)7)35-31(21)33-32-24(16-17-38(33)8)23-14-11-12-22(19-36(2,3)4)26(23)18-29(32)40-35/h9-18H,19-20H2,1-8H3/q+1. The van der Waals surface area contributed by atoms with E-state index in [1.165, 1.54) is 54.7 Å². The molecule has 3 nitrogen and oxygen atoms in total. The predicted molar refractivity (Wildman–Crippen MR) is 166 cm³/mol. The van der Waals surface area contributed by atoms with Crippen molar-refractivity contribution < 1.29 is 13.7 Å². The molecule has 40 heavy (non-hydrogen) atoms. The Hall–Kier alpha value is -3.85. The summed E-state index contributed by atoms with van der Waals surface area (Å²) in [6, 6.07) is 19.7. The van der Waals surface area contributed by atoms with E-state index in [2.05, 4.69) is 121 Å². The van der Waals surface area contributed by atoms with Crippen LogP contribution in [0.15, 0.2) is 65.2 Å². The van der Waals surface area contributed by atoms with Gasteiger partial charge in [-0.2, -0.15) is 0 Å². The molecule has 7 rings (SSSR count). The van der Waals surface area contributed by atoms with Crippen LogP contribution in [0.5, 0.6) is 11.5 Å². The first-order chi connectivity index (χ1) is 18.9. The topological polar surface area (TPSA) is 26.2 Å². The molecule has 0 aliphatic carbocycles. The van der Waals surface area contributed by atoms with Crippen LogP contribution < -0.4 is 9.30 Å². The zero-order valence-electron chi connectivity index (χ0n) is 25.0. The van der Waals surface area contributed by atoms with Crippen LogP contribution in [0.3, 0.4) is 0 Å².